The van der Waals surface area contributed by atoms with Crippen molar-refractivity contribution in [3.05, 3.63) is 81.1 Å². The van der Waals surface area contributed by atoms with Gasteiger partial charge in [-0.05, 0) is 67.2 Å². The van der Waals surface area contributed by atoms with E-state index in [1.165, 1.54) is 0 Å². The third-order valence-corrected chi connectivity index (χ3v) is 6.08. The summed E-state index contributed by atoms with van der Waals surface area (Å²) in [5.41, 5.74) is 6.26. The van der Waals surface area contributed by atoms with Crippen LogP contribution in [-0.2, 0) is 6.42 Å². The molecule has 0 aliphatic heterocycles. The first-order valence-corrected chi connectivity index (χ1v) is 10.2. The minimum absolute atomic E-state index is 0.501. The summed E-state index contributed by atoms with van der Waals surface area (Å²) in [7, 11) is -2.67. The lowest BCUT2D eigenvalue weighted by Gasteiger charge is -2.11. The second-order valence-electron chi connectivity index (χ2n) is 7.84. The molecule has 0 aliphatic carbocycles. The van der Waals surface area contributed by atoms with Gasteiger partial charge in [0.15, 0.2) is 0 Å². The molecule has 4 rings (SSSR count). The van der Waals surface area contributed by atoms with Gasteiger partial charge >= 0.3 is 7.40 Å². The minimum Gasteiger partial charge on any atom is -0.355 e. The van der Waals surface area contributed by atoms with Gasteiger partial charge in [0.05, 0.1) is 0 Å². The van der Waals surface area contributed by atoms with Gasteiger partial charge in [0.2, 0.25) is 0 Å². The number of aromatic amines is 1. The number of rotatable bonds is 4. The zero-order valence-corrected chi connectivity index (χ0v) is 17.8. The molecule has 2 nitrogen and oxygen atoms in total. The van der Waals surface area contributed by atoms with Crippen LogP contribution in [0.1, 0.15) is 34.9 Å². The molecule has 0 amide bonds. The average molecular weight is 402 g/mol. The summed E-state index contributed by atoms with van der Waals surface area (Å²) < 4.78 is 30.1. The molecule has 0 aliphatic rings. The summed E-state index contributed by atoms with van der Waals surface area (Å²) in [5.74, 6) is 0. The molecular weight excluding hydrogens is 377 g/mol. The Morgan fingerprint density at radius 2 is 1.73 bits per heavy atom. The van der Waals surface area contributed by atoms with Gasteiger partial charge in [-0.2, -0.15) is 0 Å². The number of nitrogens with zero attached hydrogens (tertiary/aromatic N) is 1. The van der Waals surface area contributed by atoms with E-state index in [-0.39, 0.29) is 0 Å². The summed E-state index contributed by atoms with van der Waals surface area (Å²) in [4.78, 5) is 3.28. The van der Waals surface area contributed by atoms with E-state index in [1.807, 2.05) is 69.3 Å². The van der Waals surface area contributed by atoms with Crippen molar-refractivity contribution in [2.45, 2.75) is 34.1 Å². The molecule has 0 fully saturated rings. The Balaban J connectivity index is 2.11. The monoisotopic (exact) mass is 402 g/mol. The predicted molar refractivity (Wildman–Crippen MR) is 123 cm³/mol. The van der Waals surface area contributed by atoms with Gasteiger partial charge in [-0.15, -0.1) is 0 Å². The highest BCUT2D eigenvalue weighted by Crippen LogP contribution is 2.36. The number of hydrogen-bond acceptors (Lipinski definition) is 0. The molecule has 152 valence electrons. The maximum atomic E-state index is 14.5. The number of benzene rings is 2. The Labute approximate surface area is 175 Å². The Kier molecular flexibility index (Phi) is 5.14. The highest BCUT2D eigenvalue weighted by atomic mass is 19.2. The van der Waals surface area contributed by atoms with Gasteiger partial charge in [0, 0.05) is 32.9 Å². The molecule has 2 aromatic heterocycles. The Morgan fingerprint density at radius 3 is 2.33 bits per heavy atom. The van der Waals surface area contributed by atoms with Gasteiger partial charge in [0.1, 0.15) is 0 Å². The zero-order chi connectivity index (χ0) is 21.6. The van der Waals surface area contributed by atoms with Crippen molar-refractivity contribution >= 4 is 30.8 Å². The maximum absolute atomic E-state index is 14.5. The van der Waals surface area contributed by atoms with Crippen molar-refractivity contribution in [3.8, 4) is 11.3 Å². The van der Waals surface area contributed by atoms with Crippen LogP contribution >= 0.6 is 0 Å². The van der Waals surface area contributed by atoms with Crippen LogP contribution in [-0.4, -0.2) is 16.9 Å². The molecule has 0 atom stereocenters. The SMILES string of the molecule is C=c1[nH]/c(=C\c2c3ccccc3c(-c3ccc(C)c(C)c3)n2B(F)F)c(C)c1CC. The molecule has 2 heterocycles. The highest BCUT2D eigenvalue weighted by molar-refractivity contribution is 6.43. The molecule has 4 aromatic rings. The molecule has 30 heavy (non-hydrogen) atoms. The Morgan fingerprint density at radius 1 is 1.03 bits per heavy atom. The topological polar surface area (TPSA) is 20.7 Å². The van der Waals surface area contributed by atoms with E-state index >= 15 is 0 Å². The molecule has 0 unspecified atom stereocenters. The number of aryl methyl sites for hydroxylation is 2. The van der Waals surface area contributed by atoms with E-state index in [0.717, 1.165) is 60.2 Å². The van der Waals surface area contributed by atoms with Crippen molar-refractivity contribution in [2.75, 3.05) is 0 Å². The second kappa shape index (κ2) is 7.64. The summed E-state index contributed by atoms with van der Waals surface area (Å²) >= 11 is 0. The summed E-state index contributed by atoms with van der Waals surface area (Å²) in [6.07, 6.45) is 2.68. The third kappa shape index (κ3) is 3.19. The lowest BCUT2D eigenvalue weighted by atomic mass is 10.0. The smallest absolute Gasteiger partial charge is 0.355 e. The highest BCUT2D eigenvalue weighted by Gasteiger charge is 2.27. The fourth-order valence-corrected chi connectivity index (χ4v) is 4.31. The molecule has 5 heteroatoms. The van der Waals surface area contributed by atoms with Crippen molar-refractivity contribution < 1.29 is 8.63 Å². The first-order valence-electron chi connectivity index (χ1n) is 10.2. The minimum atomic E-state index is -2.67. The molecular formula is C25H25BF2N2. The molecule has 0 radical (unpaired) electrons. The molecule has 0 bridgehead atoms. The van der Waals surface area contributed by atoms with Gasteiger partial charge < -0.3 is 9.46 Å². The van der Waals surface area contributed by atoms with Crippen LogP contribution in [0.4, 0.5) is 8.63 Å². The van der Waals surface area contributed by atoms with Gasteiger partial charge in [-0.25, -0.2) is 0 Å². The normalized spacial score (nSPS) is 12.1. The van der Waals surface area contributed by atoms with Crippen LogP contribution < -0.4 is 10.7 Å². The number of aromatic nitrogens is 2. The molecule has 2 aromatic carbocycles. The fourth-order valence-electron chi connectivity index (χ4n) is 4.31. The van der Waals surface area contributed by atoms with Crippen LogP contribution in [0.25, 0.3) is 34.7 Å². The second-order valence-corrected chi connectivity index (χ2v) is 7.84. The fraction of sp³-hybridized carbons (Fsp3) is 0.200. The van der Waals surface area contributed by atoms with E-state index in [2.05, 4.69) is 18.5 Å². The number of fused-ring (bicyclic) bond motifs is 1. The van der Waals surface area contributed by atoms with E-state index in [9.17, 15) is 8.63 Å². The van der Waals surface area contributed by atoms with Crippen molar-refractivity contribution in [3.63, 3.8) is 0 Å². The third-order valence-electron chi connectivity index (χ3n) is 6.08. The van der Waals surface area contributed by atoms with Crippen molar-refractivity contribution in [1.29, 1.82) is 0 Å². The number of nitrogens with one attached hydrogen (secondary N) is 1. The number of hydrogen-bond donors (Lipinski definition) is 1. The van der Waals surface area contributed by atoms with Crippen molar-refractivity contribution in [2.24, 2.45) is 0 Å². The Hall–Kier alpha value is -3.08. The first kappa shape index (κ1) is 20.2. The van der Waals surface area contributed by atoms with Gasteiger partial charge in [-0.1, -0.05) is 49.9 Å². The van der Waals surface area contributed by atoms with Crippen molar-refractivity contribution in [1.82, 2.24) is 9.46 Å². The standard InChI is InChI=1S/C25H25BF2N2/c1-6-20-17(4)23(29-18(20)5)14-24-21-9-7-8-10-22(21)25(30(24)26(27)28)19-12-11-15(2)16(3)13-19/h7-14,29H,5-6H2,1-4H3/b23-14-. The van der Waals surface area contributed by atoms with Gasteiger partial charge in [0.25, 0.3) is 0 Å². The summed E-state index contributed by atoms with van der Waals surface area (Å²) in [5, 5.41) is 3.30. The van der Waals surface area contributed by atoms with Crippen LogP contribution in [0.5, 0.6) is 0 Å². The molecule has 0 spiro atoms. The van der Waals surface area contributed by atoms with Crippen LogP contribution in [0.3, 0.4) is 0 Å². The van der Waals surface area contributed by atoms with Crippen LogP contribution in [0.15, 0.2) is 42.5 Å². The van der Waals surface area contributed by atoms with Crippen LogP contribution in [0, 0.1) is 20.8 Å². The first-order chi connectivity index (χ1) is 14.3. The predicted octanol–water partition coefficient (Wildman–Crippen LogP) is 5.14. The van der Waals surface area contributed by atoms with Crippen LogP contribution in [0.2, 0.25) is 0 Å². The number of halogens is 2. The lowest BCUT2D eigenvalue weighted by molar-refractivity contribution is 0.631. The quantitative estimate of drug-likeness (QED) is 0.457. The van der Waals surface area contributed by atoms with Gasteiger partial charge in [-0.3, -0.25) is 8.63 Å². The maximum Gasteiger partial charge on any atom is 0.678 e. The zero-order valence-electron chi connectivity index (χ0n) is 17.8. The molecule has 0 saturated heterocycles. The van der Waals surface area contributed by atoms with E-state index < -0.39 is 7.40 Å². The van der Waals surface area contributed by atoms with E-state index in [0.29, 0.717) is 11.4 Å². The lowest BCUT2D eigenvalue weighted by Crippen LogP contribution is -2.18. The Bertz CT molecular complexity index is 1360. The molecule has 0 saturated carbocycles. The number of H-pyrrole nitrogens is 1. The summed E-state index contributed by atoms with van der Waals surface area (Å²) in [6, 6.07) is 13.5. The van der Waals surface area contributed by atoms with E-state index in [1.54, 1.807) is 0 Å². The summed E-state index contributed by atoms with van der Waals surface area (Å²) in [6.45, 7) is 12.2. The average Bonchev–Trinajstić information content (AvgIpc) is 3.18. The molecule has 1 N–H and O–H groups in total. The largest absolute Gasteiger partial charge is 0.678 e. The van der Waals surface area contributed by atoms with E-state index in [4.69, 9.17) is 0 Å².